The number of methoxy groups -OCH3 is 1. The first-order valence-electron chi connectivity index (χ1n) is 7.00. The number of carbonyl (C=O) groups is 1. The lowest BCUT2D eigenvalue weighted by molar-refractivity contribution is -0.133. The molecule has 2 atom stereocenters. The minimum absolute atomic E-state index is 0.0751. The van der Waals surface area contributed by atoms with Gasteiger partial charge >= 0.3 is 0 Å². The Balaban J connectivity index is 2.46. The molecule has 1 aliphatic rings. The Morgan fingerprint density at radius 1 is 1.35 bits per heavy atom. The minimum Gasteiger partial charge on any atom is -0.380 e. The molecule has 2 N–H and O–H groups in total. The molecule has 0 aliphatic carbocycles. The summed E-state index contributed by atoms with van der Waals surface area (Å²) >= 11 is 0. The average molecular weight is 276 g/mol. The van der Waals surface area contributed by atoms with Gasteiger partial charge in [0.2, 0.25) is 5.91 Å². The Hall–Kier alpha value is -1.39. The van der Waals surface area contributed by atoms with Gasteiger partial charge in [0.25, 0.3) is 0 Å². The second-order valence-electron chi connectivity index (χ2n) is 6.38. The largest absolute Gasteiger partial charge is 0.380 e. The second kappa shape index (κ2) is 5.54. The van der Waals surface area contributed by atoms with E-state index in [1.807, 2.05) is 23.1 Å². The van der Waals surface area contributed by atoms with Crippen LogP contribution in [0.4, 0.5) is 0 Å². The van der Waals surface area contributed by atoms with Gasteiger partial charge in [0, 0.05) is 25.1 Å². The van der Waals surface area contributed by atoms with E-state index in [0.29, 0.717) is 13.0 Å². The summed E-state index contributed by atoms with van der Waals surface area (Å²) in [5.41, 5.74) is 8.21. The van der Waals surface area contributed by atoms with Crippen molar-refractivity contribution >= 4 is 5.91 Å². The molecule has 4 heteroatoms. The molecule has 0 radical (unpaired) electrons. The van der Waals surface area contributed by atoms with Crippen LogP contribution < -0.4 is 5.73 Å². The van der Waals surface area contributed by atoms with Gasteiger partial charge in [0.05, 0.1) is 12.6 Å². The lowest BCUT2D eigenvalue weighted by Gasteiger charge is -2.39. The molecular formula is C16H24N2O2. The Kier molecular flexibility index (Phi) is 4.16. The number of benzene rings is 1. The standard InChI is InChI=1S/C16H24N2O2/c1-16(2,3)18-14(19)9-13(17)15(18)12-8-6-5-7-11(12)10-20-4/h5-8,13,15H,9-10,17H2,1-4H3. The number of nitrogens with zero attached hydrogens (tertiary/aromatic N) is 1. The van der Waals surface area contributed by atoms with E-state index in [1.54, 1.807) is 7.11 Å². The summed E-state index contributed by atoms with van der Waals surface area (Å²) in [6.45, 7) is 6.68. The molecule has 110 valence electrons. The topological polar surface area (TPSA) is 55.6 Å². The van der Waals surface area contributed by atoms with Gasteiger partial charge in [-0.2, -0.15) is 0 Å². The number of nitrogens with two attached hydrogens (primary N) is 1. The lowest BCUT2D eigenvalue weighted by atomic mass is 9.93. The quantitative estimate of drug-likeness (QED) is 0.921. The molecular weight excluding hydrogens is 252 g/mol. The first kappa shape index (κ1) is 15.0. The summed E-state index contributed by atoms with van der Waals surface area (Å²) in [6, 6.07) is 7.83. The number of rotatable bonds is 3. The molecule has 1 heterocycles. The number of amides is 1. The highest BCUT2D eigenvalue weighted by atomic mass is 16.5. The van der Waals surface area contributed by atoms with Gasteiger partial charge in [-0.15, -0.1) is 0 Å². The van der Waals surface area contributed by atoms with E-state index >= 15 is 0 Å². The van der Waals surface area contributed by atoms with E-state index in [4.69, 9.17) is 10.5 Å². The molecule has 1 aromatic rings. The van der Waals surface area contributed by atoms with E-state index in [1.165, 1.54) is 0 Å². The predicted molar refractivity (Wildman–Crippen MR) is 79.1 cm³/mol. The number of likely N-dealkylation sites (tertiary alicyclic amines) is 1. The van der Waals surface area contributed by atoms with Gasteiger partial charge < -0.3 is 15.4 Å². The summed E-state index contributed by atoms with van der Waals surface area (Å²) in [4.78, 5) is 14.2. The number of hydrogen-bond donors (Lipinski definition) is 1. The number of hydrogen-bond acceptors (Lipinski definition) is 3. The lowest BCUT2D eigenvalue weighted by Crippen LogP contribution is -2.45. The van der Waals surface area contributed by atoms with Gasteiger partial charge in [-0.3, -0.25) is 4.79 Å². The van der Waals surface area contributed by atoms with E-state index in [-0.39, 0.29) is 23.5 Å². The van der Waals surface area contributed by atoms with Crippen molar-refractivity contribution in [3.8, 4) is 0 Å². The highest BCUT2D eigenvalue weighted by Crippen LogP contribution is 2.38. The van der Waals surface area contributed by atoms with Crippen molar-refractivity contribution in [3.05, 3.63) is 35.4 Å². The van der Waals surface area contributed by atoms with Crippen LogP contribution in [0.5, 0.6) is 0 Å². The fourth-order valence-corrected chi connectivity index (χ4v) is 3.03. The molecule has 4 nitrogen and oxygen atoms in total. The molecule has 1 aromatic carbocycles. The van der Waals surface area contributed by atoms with E-state index in [2.05, 4.69) is 26.8 Å². The summed E-state index contributed by atoms with van der Waals surface area (Å²) in [6.07, 6.45) is 0.406. The van der Waals surface area contributed by atoms with Crippen LogP contribution in [0.1, 0.15) is 44.4 Å². The molecule has 20 heavy (non-hydrogen) atoms. The SMILES string of the molecule is COCc1ccccc1C1C(N)CC(=O)N1C(C)(C)C. The summed E-state index contributed by atoms with van der Waals surface area (Å²) in [5, 5.41) is 0. The summed E-state index contributed by atoms with van der Waals surface area (Å²) < 4.78 is 5.27. The van der Waals surface area contributed by atoms with Crippen LogP contribution in [0.2, 0.25) is 0 Å². The predicted octanol–water partition coefficient (Wildman–Crippen LogP) is 2.23. The van der Waals surface area contributed by atoms with Crippen LogP contribution in [0, 0.1) is 0 Å². The van der Waals surface area contributed by atoms with Gasteiger partial charge in [-0.05, 0) is 31.9 Å². The minimum atomic E-state index is -0.240. The smallest absolute Gasteiger partial charge is 0.225 e. The monoisotopic (exact) mass is 276 g/mol. The van der Waals surface area contributed by atoms with Crippen LogP contribution >= 0.6 is 0 Å². The normalized spacial score (nSPS) is 23.4. The first-order valence-corrected chi connectivity index (χ1v) is 7.00. The fraction of sp³-hybridized carbons (Fsp3) is 0.562. The zero-order valence-electron chi connectivity index (χ0n) is 12.7. The van der Waals surface area contributed by atoms with Gasteiger partial charge in [0.15, 0.2) is 0 Å². The maximum atomic E-state index is 12.3. The van der Waals surface area contributed by atoms with Crippen molar-refractivity contribution in [3.63, 3.8) is 0 Å². The van der Waals surface area contributed by atoms with Gasteiger partial charge in [0.1, 0.15) is 0 Å². The average Bonchev–Trinajstić information content (AvgIpc) is 2.65. The van der Waals surface area contributed by atoms with Crippen LogP contribution in [0.3, 0.4) is 0 Å². The maximum absolute atomic E-state index is 12.3. The zero-order chi connectivity index (χ0) is 14.9. The molecule has 1 fully saturated rings. The summed E-state index contributed by atoms with van der Waals surface area (Å²) in [7, 11) is 1.68. The highest BCUT2D eigenvalue weighted by Gasteiger charge is 2.44. The third kappa shape index (κ3) is 2.72. The van der Waals surface area contributed by atoms with Crippen molar-refractivity contribution < 1.29 is 9.53 Å². The zero-order valence-corrected chi connectivity index (χ0v) is 12.7. The van der Waals surface area contributed by atoms with Crippen molar-refractivity contribution in [2.75, 3.05) is 7.11 Å². The van der Waals surface area contributed by atoms with Crippen molar-refractivity contribution in [2.24, 2.45) is 5.73 Å². The Morgan fingerprint density at radius 2 is 2.00 bits per heavy atom. The summed E-state index contributed by atoms with van der Waals surface area (Å²) in [5.74, 6) is 0.127. The number of ether oxygens (including phenoxy) is 1. The van der Waals surface area contributed by atoms with Crippen molar-refractivity contribution in [1.29, 1.82) is 0 Å². The number of carbonyl (C=O) groups excluding carboxylic acids is 1. The van der Waals surface area contributed by atoms with Crippen molar-refractivity contribution in [2.45, 2.75) is 51.4 Å². The van der Waals surface area contributed by atoms with E-state index in [9.17, 15) is 4.79 Å². The Labute approximate surface area is 120 Å². The molecule has 2 rings (SSSR count). The van der Waals surface area contributed by atoms with E-state index < -0.39 is 0 Å². The Bertz CT molecular complexity index is 493. The molecule has 1 amide bonds. The molecule has 1 aliphatic heterocycles. The van der Waals surface area contributed by atoms with E-state index in [0.717, 1.165) is 11.1 Å². The highest BCUT2D eigenvalue weighted by molar-refractivity contribution is 5.81. The van der Waals surface area contributed by atoms with Gasteiger partial charge in [-0.25, -0.2) is 0 Å². The molecule has 2 unspecified atom stereocenters. The second-order valence-corrected chi connectivity index (χ2v) is 6.38. The third-order valence-electron chi connectivity index (χ3n) is 3.76. The third-order valence-corrected chi connectivity index (χ3v) is 3.76. The molecule has 0 spiro atoms. The van der Waals surface area contributed by atoms with Crippen LogP contribution in [-0.4, -0.2) is 29.5 Å². The fourth-order valence-electron chi connectivity index (χ4n) is 3.03. The Morgan fingerprint density at radius 3 is 2.60 bits per heavy atom. The van der Waals surface area contributed by atoms with Crippen LogP contribution in [-0.2, 0) is 16.1 Å². The van der Waals surface area contributed by atoms with Crippen LogP contribution in [0.15, 0.2) is 24.3 Å². The first-order chi connectivity index (χ1) is 9.36. The molecule has 1 saturated heterocycles. The van der Waals surface area contributed by atoms with Crippen LogP contribution in [0.25, 0.3) is 0 Å². The van der Waals surface area contributed by atoms with Gasteiger partial charge in [-0.1, -0.05) is 24.3 Å². The molecule has 0 saturated carbocycles. The maximum Gasteiger partial charge on any atom is 0.225 e. The molecule has 0 bridgehead atoms. The van der Waals surface area contributed by atoms with Crippen molar-refractivity contribution in [1.82, 2.24) is 4.90 Å². The molecule has 0 aromatic heterocycles.